The second-order valence-electron chi connectivity index (χ2n) is 5.85. The number of carbonyl (C=O) groups is 1. The zero-order chi connectivity index (χ0) is 17.1. The van der Waals surface area contributed by atoms with Crippen LogP contribution in [0, 0.1) is 0 Å². The molecule has 0 saturated carbocycles. The Balaban J connectivity index is 1.80. The molecule has 0 amide bonds. The molecule has 0 fully saturated rings. The van der Waals surface area contributed by atoms with E-state index in [2.05, 4.69) is 31.0 Å². The first-order chi connectivity index (χ1) is 11.5. The van der Waals surface area contributed by atoms with Crippen LogP contribution in [-0.4, -0.2) is 16.0 Å². The van der Waals surface area contributed by atoms with Crippen LogP contribution in [0.5, 0.6) is 11.6 Å². The summed E-state index contributed by atoms with van der Waals surface area (Å²) in [6.07, 6.45) is 0. The van der Waals surface area contributed by atoms with Gasteiger partial charge in [-0.1, -0.05) is 13.8 Å². The smallest absolute Gasteiger partial charge is 0.219 e. The third-order valence-electron chi connectivity index (χ3n) is 3.49. The maximum Gasteiger partial charge on any atom is 0.219 e. The zero-order valence-corrected chi connectivity index (χ0v) is 14.8. The lowest BCUT2D eigenvalue weighted by atomic mass is 10.1. The van der Waals surface area contributed by atoms with Crippen molar-refractivity contribution >= 4 is 28.4 Å². The number of aromatic nitrogens is 1. The fourth-order valence-corrected chi connectivity index (χ4v) is 3.20. The Hall–Kier alpha value is -2.33. The number of fused-ring (bicyclic) bond motifs is 1. The van der Waals surface area contributed by atoms with Gasteiger partial charge in [0.25, 0.3) is 0 Å². The lowest BCUT2D eigenvalue weighted by Crippen LogP contribution is -1.93. The predicted octanol–water partition coefficient (Wildman–Crippen LogP) is 5.73. The van der Waals surface area contributed by atoms with Gasteiger partial charge in [0.15, 0.2) is 5.78 Å². The lowest BCUT2D eigenvalue weighted by Gasteiger charge is -2.08. The first-order valence-electron chi connectivity index (χ1n) is 7.87. The molecule has 1 aromatic heterocycles. The van der Waals surface area contributed by atoms with Gasteiger partial charge in [0.1, 0.15) is 5.75 Å². The SMILES string of the molecule is CC(=O)c1ccc2nc(Oc3ccc(SC(C)C)cc3)ccc2c1. The highest BCUT2D eigenvalue weighted by Gasteiger charge is 2.05. The number of nitrogens with zero attached hydrogens (tertiary/aromatic N) is 1. The first kappa shape index (κ1) is 16.5. The minimum absolute atomic E-state index is 0.0524. The van der Waals surface area contributed by atoms with E-state index in [-0.39, 0.29) is 5.78 Å². The molecule has 3 nitrogen and oxygen atoms in total. The van der Waals surface area contributed by atoms with Gasteiger partial charge in [-0.2, -0.15) is 0 Å². The number of thioether (sulfide) groups is 1. The number of ether oxygens (including phenoxy) is 1. The molecule has 0 aliphatic heterocycles. The molecule has 4 heteroatoms. The van der Waals surface area contributed by atoms with Crippen molar-refractivity contribution in [1.82, 2.24) is 4.98 Å². The normalized spacial score (nSPS) is 11.0. The second kappa shape index (κ2) is 7.05. The molecule has 0 aliphatic rings. The number of ketones is 1. The van der Waals surface area contributed by atoms with Crippen molar-refractivity contribution in [1.29, 1.82) is 0 Å². The molecule has 0 N–H and O–H groups in total. The summed E-state index contributed by atoms with van der Waals surface area (Å²) < 4.78 is 5.84. The fourth-order valence-electron chi connectivity index (χ4n) is 2.36. The van der Waals surface area contributed by atoms with Crippen LogP contribution in [0.1, 0.15) is 31.1 Å². The maximum absolute atomic E-state index is 11.4. The number of Topliss-reactive ketones (excluding diaryl/α,β-unsaturated/α-hetero) is 1. The van der Waals surface area contributed by atoms with E-state index >= 15 is 0 Å². The Labute approximate surface area is 146 Å². The zero-order valence-electron chi connectivity index (χ0n) is 13.9. The average Bonchev–Trinajstić information content (AvgIpc) is 2.55. The van der Waals surface area contributed by atoms with E-state index in [4.69, 9.17) is 4.74 Å². The van der Waals surface area contributed by atoms with Crippen LogP contribution < -0.4 is 4.74 Å². The average molecular weight is 337 g/mol. The molecular formula is C20H19NO2S. The number of pyridine rings is 1. The number of carbonyl (C=O) groups excluding carboxylic acids is 1. The Morgan fingerprint density at radius 2 is 1.79 bits per heavy atom. The van der Waals surface area contributed by atoms with E-state index in [0.29, 0.717) is 16.7 Å². The fraction of sp³-hybridized carbons (Fsp3) is 0.200. The van der Waals surface area contributed by atoms with Crippen molar-refractivity contribution in [2.75, 3.05) is 0 Å². The van der Waals surface area contributed by atoms with E-state index in [1.165, 1.54) is 4.90 Å². The first-order valence-corrected chi connectivity index (χ1v) is 8.75. The molecule has 0 bridgehead atoms. The van der Waals surface area contributed by atoms with E-state index in [9.17, 15) is 4.79 Å². The molecule has 0 saturated heterocycles. The van der Waals surface area contributed by atoms with Gasteiger partial charge in [-0.3, -0.25) is 4.79 Å². The molecule has 2 aromatic carbocycles. The molecule has 0 radical (unpaired) electrons. The third-order valence-corrected chi connectivity index (χ3v) is 4.50. The number of hydrogen-bond donors (Lipinski definition) is 0. The summed E-state index contributed by atoms with van der Waals surface area (Å²) in [7, 11) is 0. The van der Waals surface area contributed by atoms with E-state index < -0.39 is 0 Å². The highest BCUT2D eigenvalue weighted by Crippen LogP contribution is 2.27. The third kappa shape index (κ3) is 3.95. The molecule has 3 rings (SSSR count). The van der Waals surface area contributed by atoms with Crippen molar-refractivity contribution in [3.05, 3.63) is 60.2 Å². The molecule has 0 spiro atoms. The van der Waals surface area contributed by atoms with Gasteiger partial charge in [-0.25, -0.2) is 4.98 Å². The Morgan fingerprint density at radius 3 is 2.46 bits per heavy atom. The molecule has 122 valence electrons. The van der Waals surface area contributed by atoms with Crippen LogP contribution >= 0.6 is 11.8 Å². The minimum Gasteiger partial charge on any atom is -0.439 e. The molecule has 1 heterocycles. The minimum atomic E-state index is 0.0524. The van der Waals surface area contributed by atoms with Crippen LogP contribution in [0.15, 0.2) is 59.5 Å². The van der Waals surface area contributed by atoms with Gasteiger partial charge in [0.2, 0.25) is 5.88 Å². The van der Waals surface area contributed by atoms with Gasteiger partial charge < -0.3 is 4.74 Å². The highest BCUT2D eigenvalue weighted by atomic mass is 32.2. The van der Waals surface area contributed by atoms with Crippen molar-refractivity contribution in [3.8, 4) is 11.6 Å². The molecule has 0 unspecified atom stereocenters. The summed E-state index contributed by atoms with van der Waals surface area (Å²) in [4.78, 5) is 17.2. The van der Waals surface area contributed by atoms with Crippen molar-refractivity contribution < 1.29 is 9.53 Å². The van der Waals surface area contributed by atoms with Gasteiger partial charge in [0.05, 0.1) is 5.52 Å². The number of benzene rings is 2. The van der Waals surface area contributed by atoms with Gasteiger partial charge in [-0.05, 0) is 55.5 Å². The monoisotopic (exact) mass is 337 g/mol. The van der Waals surface area contributed by atoms with E-state index in [0.717, 1.165) is 16.7 Å². The van der Waals surface area contributed by atoms with Crippen molar-refractivity contribution in [3.63, 3.8) is 0 Å². The highest BCUT2D eigenvalue weighted by molar-refractivity contribution is 7.99. The summed E-state index contributed by atoms with van der Waals surface area (Å²) in [5.74, 6) is 1.36. The predicted molar refractivity (Wildman–Crippen MR) is 99.3 cm³/mol. The summed E-state index contributed by atoms with van der Waals surface area (Å²) >= 11 is 1.82. The topological polar surface area (TPSA) is 39.2 Å². The van der Waals surface area contributed by atoms with Crippen molar-refractivity contribution in [2.45, 2.75) is 30.9 Å². The molecule has 24 heavy (non-hydrogen) atoms. The van der Waals surface area contributed by atoms with Crippen LogP contribution in [-0.2, 0) is 0 Å². The van der Waals surface area contributed by atoms with Crippen molar-refractivity contribution in [2.24, 2.45) is 0 Å². The van der Waals surface area contributed by atoms with Crippen LogP contribution in [0.3, 0.4) is 0 Å². The lowest BCUT2D eigenvalue weighted by molar-refractivity contribution is 0.101. The molecule has 0 aliphatic carbocycles. The van der Waals surface area contributed by atoms with Gasteiger partial charge in [0, 0.05) is 27.2 Å². The maximum atomic E-state index is 11.4. The largest absolute Gasteiger partial charge is 0.439 e. The van der Waals surface area contributed by atoms with E-state index in [1.54, 1.807) is 13.0 Å². The summed E-state index contributed by atoms with van der Waals surface area (Å²) in [6, 6.07) is 17.3. The van der Waals surface area contributed by atoms with Crippen LogP contribution in [0.2, 0.25) is 0 Å². The van der Waals surface area contributed by atoms with Crippen LogP contribution in [0.25, 0.3) is 10.9 Å². The van der Waals surface area contributed by atoms with Gasteiger partial charge >= 0.3 is 0 Å². The second-order valence-corrected chi connectivity index (χ2v) is 7.50. The standard InChI is InChI=1S/C20H19NO2S/c1-13(2)24-18-8-6-17(7-9-18)23-20-11-5-16-12-15(14(3)22)4-10-19(16)21-20/h4-13H,1-3H3. The summed E-state index contributed by atoms with van der Waals surface area (Å²) in [5.41, 5.74) is 1.50. The van der Waals surface area contributed by atoms with Crippen LogP contribution in [0.4, 0.5) is 0 Å². The summed E-state index contributed by atoms with van der Waals surface area (Å²) in [6.45, 7) is 5.91. The quantitative estimate of drug-likeness (QED) is 0.440. The van der Waals surface area contributed by atoms with E-state index in [1.807, 2.05) is 48.2 Å². The molecule has 0 atom stereocenters. The van der Waals surface area contributed by atoms with Gasteiger partial charge in [-0.15, -0.1) is 11.8 Å². The number of rotatable bonds is 5. The Kier molecular flexibility index (Phi) is 4.86. The molecular weight excluding hydrogens is 318 g/mol. The summed E-state index contributed by atoms with van der Waals surface area (Å²) in [5, 5.41) is 1.48. The Morgan fingerprint density at radius 1 is 1.04 bits per heavy atom. The Bertz CT molecular complexity index is 872. The molecule has 3 aromatic rings. The number of hydrogen-bond acceptors (Lipinski definition) is 4.